The molecule has 1 aliphatic heterocycles. The summed E-state index contributed by atoms with van der Waals surface area (Å²) >= 11 is 0. The zero-order valence-electron chi connectivity index (χ0n) is 14.8. The molecule has 3 rings (SSSR count). The number of methoxy groups -OCH3 is 2. The Bertz CT molecular complexity index is 620. The van der Waals surface area contributed by atoms with Crippen LogP contribution in [0.3, 0.4) is 0 Å². The van der Waals surface area contributed by atoms with Crippen molar-refractivity contribution < 1.29 is 23.9 Å². The van der Waals surface area contributed by atoms with Crippen LogP contribution in [0.25, 0.3) is 0 Å². The Morgan fingerprint density at radius 3 is 2.56 bits per heavy atom. The van der Waals surface area contributed by atoms with Gasteiger partial charge in [0.05, 0.1) is 33.3 Å². The average molecular weight is 347 g/mol. The van der Waals surface area contributed by atoms with E-state index in [2.05, 4.69) is 0 Å². The molecule has 25 heavy (non-hydrogen) atoms. The van der Waals surface area contributed by atoms with Gasteiger partial charge >= 0.3 is 11.9 Å². The van der Waals surface area contributed by atoms with Crippen molar-refractivity contribution >= 4 is 11.9 Å². The van der Waals surface area contributed by atoms with Crippen molar-refractivity contribution in [1.82, 2.24) is 5.06 Å². The first-order valence-corrected chi connectivity index (χ1v) is 8.75. The van der Waals surface area contributed by atoms with Crippen molar-refractivity contribution in [2.75, 3.05) is 14.2 Å². The molecule has 136 valence electrons. The van der Waals surface area contributed by atoms with Gasteiger partial charge in [0.1, 0.15) is 0 Å². The van der Waals surface area contributed by atoms with Crippen molar-refractivity contribution in [2.24, 2.45) is 5.92 Å². The lowest BCUT2D eigenvalue weighted by atomic mass is 9.72. The maximum atomic E-state index is 12.9. The minimum Gasteiger partial charge on any atom is -0.469 e. The van der Waals surface area contributed by atoms with Crippen LogP contribution in [0, 0.1) is 5.92 Å². The first-order chi connectivity index (χ1) is 12.1. The summed E-state index contributed by atoms with van der Waals surface area (Å²) in [7, 11) is 2.70. The molecule has 0 spiro atoms. The topological polar surface area (TPSA) is 65.1 Å². The second-order valence-corrected chi connectivity index (χ2v) is 6.73. The van der Waals surface area contributed by atoms with Crippen LogP contribution < -0.4 is 0 Å². The molecule has 0 aromatic heterocycles. The van der Waals surface area contributed by atoms with Crippen LogP contribution in [0.1, 0.15) is 37.7 Å². The molecule has 3 atom stereocenters. The second-order valence-electron chi connectivity index (χ2n) is 6.73. The number of carbonyl (C=O) groups excluding carboxylic acids is 2. The van der Waals surface area contributed by atoms with Gasteiger partial charge in [-0.05, 0) is 18.4 Å². The minimum atomic E-state index is -1.14. The van der Waals surface area contributed by atoms with Crippen molar-refractivity contribution in [1.29, 1.82) is 0 Å². The van der Waals surface area contributed by atoms with Crippen LogP contribution in [-0.2, 0) is 30.4 Å². The highest BCUT2D eigenvalue weighted by atomic mass is 16.7. The smallest absolute Gasteiger partial charge is 0.329 e. The third kappa shape index (κ3) is 3.28. The first kappa shape index (κ1) is 17.9. The number of ether oxygens (including phenoxy) is 2. The number of hydroxylamine groups is 2. The van der Waals surface area contributed by atoms with Crippen LogP contribution in [-0.4, -0.2) is 42.9 Å². The molecule has 1 saturated carbocycles. The summed E-state index contributed by atoms with van der Waals surface area (Å²) in [6.07, 6.45) is 3.67. The van der Waals surface area contributed by atoms with E-state index in [4.69, 9.17) is 14.3 Å². The molecular formula is C19H25NO5. The molecule has 6 nitrogen and oxygen atoms in total. The molecule has 0 radical (unpaired) electrons. The molecular weight excluding hydrogens is 322 g/mol. The van der Waals surface area contributed by atoms with E-state index >= 15 is 0 Å². The number of fused-ring (bicyclic) bond motifs is 1. The zero-order valence-corrected chi connectivity index (χ0v) is 14.8. The van der Waals surface area contributed by atoms with Crippen LogP contribution in [0.5, 0.6) is 0 Å². The van der Waals surface area contributed by atoms with E-state index in [0.717, 1.165) is 31.2 Å². The number of carbonyl (C=O) groups is 2. The Morgan fingerprint density at radius 1 is 1.16 bits per heavy atom. The molecule has 1 saturated heterocycles. The second kappa shape index (κ2) is 7.54. The quantitative estimate of drug-likeness (QED) is 0.763. The highest BCUT2D eigenvalue weighted by Gasteiger charge is 2.62. The number of hydrogen-bond donors (Lipinski definition) is 0. The monoisotopic (exact) mass is 347 g/mol. The van der Waals surface area contributed by atoms with Crippen molar-refractivity contribution in [3.63, 3.8) is 0 Å². The maximum Gasteiger partial charge on any atom is 0.329 e. The van der Waals surface area contributed by atoms with E-state index in [9.17, 15) is 9.59 Å². The van der Waals surface area contributed by atoms with Gasteiger partial charge in [-0.1, -0.05) is 43.2 Å². The van der Waals surface area contributed by atoms with E-state index in [1.54, 1.807) is 5.06 Å². The summed E-state index contributed by atoms with van der Waals surface area (Å²) in [5.74, 6) is -0.932. The predicted octanol–water partition coefficient (Wildman–Crippen LogP) is 2.47. The van der Waals surface area contributed by atoms with Gasteiger partial charge in [0.25, 0.3) is 0 Å². The van der Waals surface area contributed by atoms with Gasteiger partial charge in [-0.15, -0.1) is 0 Å². The molecule has 1 heterocycles. The van der Waals surface area contributed by atoms with Crippen LogP contribution in [0.4, 0.5) is 0 Å². The van der Waals surface area contributed by atoms with E-state index in [1.165, 1.54) is 14.2 Å². The van der Waals surface area contributed by atoms with Gasteiger partial charge in [0, 0.05) is 5.92 Å². The Hall–Kier alpha value is -1.92. The number of rotatable bonds is 5. The Balaban J connectivity index is 1.99. The lowest BCUT2D eigenvalue weighted by Gasteiger charge is -2.37. The maximum absolute atomic E-state index is 12.9. The SMILES string of the molecule is COC(=O)C[C@]1(C(=O)OC)[C@@H]2CCCC[C@@H]2ON1Cc1ccccc1. The number of hydrogen-bond acceptors (Lipinski definition) is 6. The summed E-state index contributed by atoms with van der Waals surface area (Å²) in [6, 6.07) is 9.78. The third-order valence-electron chi connectivity index (χ3n) is 5.37. The van der Waals surface area contributed by atoms with Gasteiger partial charge in [0.15, 0.2) is 5.54 Å². The van der Waals surface area contributed by atoms with E-state index in [-0.39, 0.29) is 18.4 Å². The fourth-order valence-corrected chi connectivity index (χ4v) is 4.15. The largest absolute Gasteiger partial charge is 0.469 e. The molecule has 0 amide bonds. The van der Waals surface area contributed by atoms with Crippen molar-refractivity contribution in [2.45, 2.75) is 50.3 Å². The molecule has 6 heteroatoms. The summed E-state index contributed by atoms with van der Waals surface area (Å²) in [6.45, 7) is 0.417. The molecule has 2 aliphatic rings. The molecule has 1 aromatic carbocycles. The highest BCUT2D eigenvalue weighted by molar-refractivity contribution is 5.87. The van der Waals surface area contributed by atoms with Gasteiger partial charge in [-0.25, -0.2) is 4.79 Å². The number of benzene rings is 1. The highest BCUT2D eigenvalue weighted by Crippen LogP contribution is 2.48. The summed E-state index contributed by atoms with van der Waals surface area (Å²) in [5, 5.41) is 1.67. The Kier molecular flexibility index (Phi) is 5.39. The van der Waals surface area contributed by atoms with Crippen LogP contribution >= 0.6 is 0 Å². The fraction of sp³-hybridized carbons (Fsp3) is 0.579. The zero-order chi connectivity index (χ0) is 17.9. The lowest BCUT2D eigenvalue weighted by Crippen LogP contribution is -2.56. The molecule has 0 N–H and O–H groups in total. The molecule has 0 unspecified atom stereocenters. The molecule has 1 aliphatic carbocycles. The van der Waals surface area contributed by atoms with Crippen LogP contribution in [0.15, 0.2) is 30.3 Å². The van der Waals surface area contributed by atoms with Crippen molar-refractivity contribution in [3.8, 4) is 0 Å². The van der Waals surface area contributed by atoms with E-state index in [0.29, 0.717) is 6.54 Å². The third-order valence-corrected chi connectivity index (χ3v) is 5.37. The van der Waals surface area contributed by atoms with Crippen molar-refractivity contribution in [3.05, 3.63) is 35.9 Å². The Labute approximate surface area is 148 Å². The number of esters is 2. The summed E-state index contributed by atoms with van der Waals surface area (Å²) in [5.41, 5.74) is -0.123. The first-order valence-electron chi connectivity index (χ1n) is 8.75. The summed E-state index contributed by atoms with van der Waals surface area (Å²) < 4.78 is 10.0. The lowest BCUT2D eigenvalue weighted by molar-refractivity contribution is -0.211. The van der Waals surface area contributed by atoms with Gasteiger partial charge in [-0.2, -0.15) is 5.06 Å². The number of nitrogens with zero attached hydrogens (tertiary/aromatic N) is 1. The van der Waals surface area contributed by atoms with E-state index < -0.39 is 17.5 Å². The Morgan fingerprint density at radius 2 is 1.88 bits per heavy atom. The minimum absolute atomic E-state index is 0.0653. The van der Waals surface area contributed by atoms with Crippen LogP contribution in [0.2, 0.25) is 0 Å². The fourth-order valence-electron chi connectivity index (χ4n) is 4.15. The van der Waals surface area contributed by atoms with Gasteiger partial charge in [-0.3, -0.25) is 9.63 Å². The normalized spacial score (nSPS) is 29.0. The average Bonchev–Trinajstić information content (AvgIpc) is 2.96. The standard InChI is InChI=1S/C19H25NO5/c1-23-17(21)12-19(18(22)24-2)15-10-6-7-11-16(15)25-20(19)13-14-8-4-3-5-9-14/h3-5,8-9,15-16H,6-7,10-13H2,1-2H3/t15-,16+,19-/m1/s1. The molecule has 1 aromatic rings. The van der Waals surface area contributed by atoms with E-state index in [1.807, 2.05) is 30.3 Å². The molecule has 2 fully saturated rings. The predicted molar refractivity (Wildman–Crippen MR) is 90.2 cm³/mol. The van der Waals surface area contributed by atoms with Gasteiger partial charge < -0.3 is 9.47 Å². The molecule has 0 bridgehead atoms. The summed E-state index contributed by atoms with van der Waals surface area (Å²) in [4.78, 5) is 31.2. The van der Waals surface area contributed by atoms with Gasteiger partial charge in [0.2, 0.25) is 0 Å².